The molecule has 1 aromatic carbocycles. The molecule has 0 N–H and O–H groups in total. The number of hydrogen-bond donors (Lipinski definition) is 0. The number of carbonyl (C=O) groups is 1. The number of carbonyl (C=O) groups excluding carboxylic acids is 1. The van der Waals surface area contributed by atoms with Crippen LogP contribution in [0.15, 0.2) is 48.8 Å². The topological polar surface area (TPSA) is 33.2 Å². The second-order valence-electron chi connectivity index (χ2n) is 6.72. The number of rotatable bonds is 2. The summed E-state index contributed by atoms with van der Waals surface area (Å²) in [6, 6.07) is 12.6. The molecule has 3 nitrogen and oxygen atoms in total. The van der Waals surface area contributed by atoms with E-state index in [1.165, 1.54) is 11.1 Å². The highest BCUT2D eigenvalue weighted by molar-refractivity contribution is 5.79. The number of pyridine rings is 1. The summed E-state index contributed by atoms with van der Waals surface area (Å²) in [7, 11) is 0. The van der Waals surface area contributed by atoms with Gasteiger partial charge in [0, 0.05) is 25.5 Å². The number of nitrogens with zero attached hydrogens (tertiary/aromatic N) is 2. The SMILES string of the molecule is O=C(Cc1ccncc1)N1CCC2(Cc3ccccc3C2)C1. The molecule has 22 heavy (non-hydrogen) atoms. The minimum atomic E-state index is 0.249. The average Bonchev–Trinajstić information content (AvgIpc) is 3.11. The number of hydrogen-bond acceptors (Lipinski definition) is 2. The minimum absolute atomic E-state index is 0.249. The first-order chi connectivity index (χ1) is 10.7. The molecule has 112 valence electrons. The predicted octanol–water partition coefficient (Wildman–Crippen LogP) is 2.64. The fourth-order valence-corrected chi connectivity index (χ4v) is 4.00. The van der Waals surface area contributed by atoms with Crippen molar-refractivity contribution in [3.8, 4) is 0 Å². The summed E-state index contributed by atoms with van der Waals surface area (Å²) in [5.74, 6) is 0.249. The smallest absolute Gasteiger partial charge is 0.227 e. The Labute approximate surface area is 131 Å². The van der Waals surface area contributed by atoms with Gasteiger partial charge in [-0.25, -0.2) is 0 Å². The lowest BCUT2D eigenvalue weighted by molar-refractivity contribution is -0.129. The maximum Gasteiger partial charge on any atom is 0.227 e. The Kier molecular flexibility index (Phi) is 3.21. The van der Waals surface area contributed by atoms with E-state index in [0.29, 0.717) is 6.42 Å². The average molecular weight is 292 g/mol. The van der Waals surface area contributed by atoms with Crippen molar-refractivity contribution in [3.05, 3.63) is 65.5 Å². The molecular weight excluding hydrogens is 272 g/mol. The van der Waals surface area contributed by atoms with E-state index in [9.17, 15) is 4.79 Å². The van der Waals surface area contributed by atoms with Gasteiger partial charge < -0.3 is 4.90 Å². The molecule has 1 aliphatic heterocycles. The van der Waals surface area contributed by atoms with Crippen LogP contribution in [0, 0.1) is 5.41 Å². The van der Waals surface area contributed by atoms with Gasteiger partial charge in [-0.3, -0.25) is 9.78 Å². The third-order valence-electron chi connectivity index (χ3n) is 5.15. The van der Waals surface area contributed by atoms with Crippen molar-refractivity contribution in [1.29, 1.82) is 0 Å². The highest BCUT2D eigenvalue weighted by Crippen LogP contribution is 2.43. The van der Waals surface area contributed by atoms with Gasteiger partial charge in [-0.15, -0.1) is 0 Å². The van der Waals surface area contributed by atoms with Crippen LogP contribution in [-0.2, 0) is 24.1 Å². The third kappa shape index (κ3) is 2.41. The number of likely N-dealkylation sites (tertiary alicyclic amines) is 1. The predicted molar refractivity (Wildman–Crippen MR) is 85.4 cm³/mol. The maximum atomic E-state index is 12.5. The number of amides is 1. The standard InChI is InChI=1S/C19H20N2O/c22-18(11-15-5-8-20-9-6-15)21-10-7-19(14-21)12-16-3-1-2-4-17(16)13-19/h1-6,8-9H,7,10-14H2. The first-order valence-electron chi connectivity index (χ1n) is 7.98. The van der Waals surface area contributed by atoms with Crippen molar-refractivity contribution in [2.24, 2.45) is 5.41 Å². The van der Waals surface area contributed by atoms with Gasteiger partial charge in [0.1, 0.15) is 0 Å². The summed E-state index contributed by atoms with van der Waals surface area (Å²) in [6.07, 6.45) is 7.38. The lowest BCUT2D eigenvalue weighted by Crippen LogP contribution is -2.33. The molecular formula is C19H20N2O. The molecule has 2 heterocycles. The van der Waals surface area contributed by atoms with Crippen LogP contribution in [0.5, 0.6) is 0 Å². The van der Waals surface area contributed by atoms with Crippen LogP contribution in [0.25, 0.3) is 0 Å². The molecule has 4 rings (SSSR count). The molecule has 1 amide bonds. The zero-order valence-electron chi connectivity index (χ0n) is 12.7. The number of fused-ring (bicyclic) bond motifs is 1. The molecule has 0 saturated carbocycles. The Morgan fingerprint density at radius 2 is 1.77 bits per heavy atom. The molecule has 3 heteroatoms. The van der Waals surface area contributed by atoms with E-state index in [1.54, 1.807) is 12.4 Å². The van der Waals surface area contributed by atoms with Crippen molar-refractivity contribution in [1.82, 2.24) is 9.88 Å². The number of aromatic nitrogens is 1. The Hall–Kier alpha value is -2.16. The van der Waals surface area contributed by atoms with Gasteiger partial charge in [-0.1, -0.05) is 24.3 Å². The lowest BCUT2D eigenvalue weighted by atomic mass is 9.84. The second kappa shape index (κ2) is 5.24. The molecule has 0 atom stereocenters. The van der Waals surface area contributed by atoms with Gasteiger partial charge in [0.05, 0.1) is 6.42 Å². The summed E-state index contributed by atoms with van der Waals surface area (Å²) in [5.41, 5.74) is 4.30. The molecule has 0 bridgehead atoms. The monoisotopic (exact) mass is 292 g/mol. The fraction of sp³-hybridized carbons (Fsp3) is 0.368. The normalized spacial score (nSPS) is 18.6. The molecule has 1 aliphatic carbocycles. The molecule has 0 unspecified atom stereocenters. The first kappa shape index (κ1) is 13.5. The van der Waals surface area contributed by atoms with Crippen molar-refractivity contribution in [2.75, 3.05) is 13.1 Å². The lowest BCUT2D eigenvalue weighted by Gasteiger charge is -2.23. The van der Waals surface area contributed by atoms with E-state index in [-0.39, 0.29) is 11.3 Å². The van der Waals surface area contributed by atoms with Crippen LogP contribution in [0.3, 0.4) is 0 Å². The van der Waals surface area contributed by atoms with Gasteiger partial charge >= 0.3 is 0 Å². The Balaban J connectivity index is 1.44. The largest absolute Gasteiger partial charge is 0.342 e. The first-order valence-corrected chi connectivity index (χ1v) is 7.98. The van der Waals surface area contributed by atoms with Crippen LogP contribution in [0.2, 0.25) is 0 Å². The Morgan fingerprint density at radius 1 is 1.09 bits per heavy atom. The zero-order chi connectivity index (χ0) is 15.0. The van der Waals surface area contributed by atoms with Gasteiger partial charge in [0.2, 0.25) is 5.91 Å². The van der Waals surface area contributed by atoms with E-state index in [1.807, 2.05) is 12.1 Å². The minimum Gasteiger partial charge on any atom is -0.342 e. The summed E-state index contributed by atoms with van der Waals surface area (Å²) < 4.78 is 0. The number of benzene rings is 1. The summed E-state index contributed by atoms with van der Waals surface area (Å²) >= 11 is 0. The second-order valence-corrected chi connectivity index (χ2v) is 6.72. The van der Waals surface area contributed by atoms with Crippen molar-refractivity contribution >= 4 is 5.91 Å². The van der Waals surface area contributed by atoms with Gasteiger partial charge in [0.25, 0.3) is 0 Å². The van der Waals surface area contributed by atoms with Crippen LogP contribution in [0.1, 0.15) is 23.1 Å². The van der Waals surface area contributed by atoms with E-state index >= 15 is 0 Å². The van der Waals surface area contributed by atoms with Crippen molar-refractivity contribution in [2.45, 2.75) is 25.7 Å². The van der Waals surface area contributed by atoms with E-state index < -0.39 is 0 Å². The Morgan fingerprint density at radius 3 is 2.45 bits per heavy atom. The van der Waals surface area contributed by atoms with E-state index in [4.69, 9.17) is 0 Å². The van der Waals surface area contributed by atoms with E-state index in [0.717, 1.165) is 37.9 Å². The molecule has 1 spiro atoms. The molecule has 1 aromatic heterocycles. The maximum absolute atomic E-state index is 12.5. The summed E-state index contributed by atoms with van der Waals surface area (Å²) in [4.78, 5) is 18.6. The Bertz CT molecular complexity index is 671. The van der Waals surface area contributed by atoms with Crippen molar-refractivity contribution < 1.29 is 4.79 Å². The molecule has 0 radical (unpaired) electrons. The van der Waals surface area contributed by atoms with Crippen molar-refractivity contribution in [3.63, 3.8) is 0 Å². The summed E-state index contributed by atoms with van der Waals surface area (Å²) in [5, 5.41) is 0. The zero-order valence-corrected chi connectivity index (χ0v) is 12.7. The molecule has 2 aromatic rings. The fourth-order valence-electron chi connectivity index (χ4n) is 4.00. The van der Waals surface area contributed by atoms with Crippen LogP contribution < -0.4 is 0 Å². The van der Waals surface area contributed by atoms with Crippen LogP contribution in [0.4, 0.5) is 0 Å². The molecule has 1 fully saturated rings. The quantitative estimate of drug-likeness (QED) is 0.852. The highest BCUT2D eigenvalue weighted by Gasteiger charge is 2.43. The molecule has 1 saturated heterocycles. The van der Waals surface area contributed by atoms with E-state index in [2.05, 4.69) is 34.1 Å². The van der Waals surface area contributed by atoms with Gasteiger partial charge in [0.15, 0.2) is 0 Å². The summed E-state index contributed by atoms with van der Waals surface area (Å²) in [6.45, 7) is 1.81. The third-order valence-corrected chi connectivity index (χ3v) is 5.15. The van der Waals surface area contributed by atoms with Gasteiger partial charge in [-0.2, -0.15) is 0 Å². The highest BCUT2D eigenvalue weighted by atomic mass is 16.2. The van der Waals surface area contributed by atoms with Gasteiger partial charge in [-0.05, 0) is 53.5 Å². The van der Waals surface area contributed by atoms with Crippen LogP contribution in [-0.4, -0.2) is 28.9 Å². The van der Waals surface area contributed by atoms with Crippen LogP contribution >= 0.6 is 0 Å². The molecule has 2 aliphatic rings.